The van der Waals surface area contributed by atoms with Gasteiger partial charge in [0, 0.05) is 6.61 Å². The normalized spacial score (nSPS) is 11.5. The summed E-state index contributed by atoms with van der Waals surface area (Å²) in [6, 6.07) is 7.54. The van der Waals surface area contributed by atoms with Gasteiger partial charge in [0.05, 0.1) is 13.7 Å². The third-order valence-corrected chi connectivity index (χ3v) is 2.12. The first kappa shape index (κ1) is 11.8. The molecular formula is C12H16O3. The highest BCUT2D eigenvalue weighted by Crippen LogP contribution is 2.14. The zero-order valence-electron chi connectivity index (χ0n) is 8.81. The summed E-state index contributed by atoms with van der Waals surface area (Å²) >= 11 is 0. The summed E-state index contributed by atoms with van der Waals surface area (Å²) < 4.78 is 5.04. The van der Waals surface area contributed by atoms with Crippen molar-refractivity contribution in [2.75, 3.05) is 20.3 Å². The Kier molecular flexibility index (Phi) is 4.87. The van der Waals surface area contributed by atoms with Crippen molar-refractivity contribution in [2.24, 2.45) is 0 Å². The van der Waals surface area contributed by atoms with E-state index in [-0.39, 0.29) is 13.2 Å². The van der Waals surface area contributed by atoms with Crippen molar-refractivity contribution in [1.29, 1.82) is 0 Å². The van der Waals surface area contributed by atoms with Gasteiger partial charge in [-0.25, -0.2) is 0 Å². The molecule has 3 heteroatoms. The SMILES string of the molecule is COc1ccc(/C=C(/CO)CCO)cc1. The van der Waals surface area contributed by atoms with Crippen LogP contribution in [0.15, 0.2) is 29.8 Å². The third-order valence-electron chi connectivity index (χ3n) is 2.12. The van der Waals surface area contributed by atoms with E-state index in [0.29, 0.717) is 6.42 Å². The van der Waals surface area contributed by atoms with Gasteiger partial charge < -0.3 is 14.9 Å². The van der Waals surface area contributed by atoms with E-state index in [2.05, 4.69) is 0 Å². The first-order valence-electron chi connectivity index (χ1n) is 4.85. The van der Waals surface area contributed by atoms with Crippen molar-refractivity contribution in [1.82, 2.24) is 0 Å². The molecule has 0 aliphatic heterocycles. The lowest BCUT2D eigenvalue weighted by Gasteiger charge is -2.03. The lowest BCUT2D eigenvalue weighted by molar-refractivity contribution is 0.279. The average Bonchev–Trinajstić information content (AvgIpc) is 2.29. The fourth-order valence-corrected chi connectivity index (χ4v) is 1.28. The average molecular weight is 208 g/mol. The molecule has 0 saturated heterocycles. The standard InChI is InChI=1S/C12H16O3/c1-15-12-4-2-10(3-5-12)8-11(9-14)6-7-13/h2-5,8,13-14H,6-7,9H2,1H3/b11-8+. The highest BCUT2D eigenvalue weighted by molar-refractivity contribution is 5.54. The minimum absolute atomic E-state index is 0.0212. The molecule has 0 spiro atoms. The number of rotatable bonds is 5. The predicted molar refractivity (Wildman–Crippen MR) is 59.8 cm³/mol. The van der Waals surface area contributed by atoms with Crippen molar-refractivity contribution in [2.45, 2.75) is 6.42 Å². The van der Waals surface area contributed by atoms with E-state index in [4.69, 9.17) is 14.9 Å². The van der Waals surface area contributed by atoms with Gasteiger partial charge >= 0.3 is 0 Å². The number of hydrogen-bond acceptors (Lipinski definition) is 3. The van der Waals surface area contributed by atoms with Crippen LogP contribution in [0.5, 0.6) is 5.75 Å². The number of ether oxygens (including phenoxy) is 1. The van der Waals surface area contributed by atoms with Gasteiger partial charge in [0.25, 0.3) is 0 Å². The quantitative estimate of drug-likeness (QED) is 0.770. The number of benzene rings is 1. The lowest BCUT2D eigenvalue weighted by Crippen LogP contribution is -1.94. The molecule has 3 nitrogen and oxygen atoms in total. The molecule has 1 aromatic carbocycles. The van der Waals surface area contributed by atoms with Gasteiger partial charge in [-0.15, -0.1) is 0 Å². The smallest absolute Gasteiger partial charge is 0.118 e. The van der Waals surface area contributed by atoms with E-state index in [0.717, 1.165) is 16.9 Å². The van der Waals surface area contributed by atoms with Crippen LogP contribution in [0.2, 0.25) is 0 Å². The van der Waals surface area contributed by atoms with Crippen LogP contribution in [-0.4, -0.2) is 30.5 Å². The molecule has 0 atom stereocenters. The Morgan fingerprint density at radius 1 is 1.27 bits per heavy atom. The molecule has 0 fully saturated rings. The van der Waals surface area contributed by atoms with Crippen LogP contribution in [0, 0.1) is 0 Å². The lowest BCUT2D eigenvalue weighted by atomic mass is 10.1. The van der Waals surface area contributed by atoms with E-state index in [9.17, 15) is 0 Å². The summed E-state index contributed by atoms with van der Waals surface area (Å²) in [5, 5.41) is 17.8. The second-order valence-corrected chi connectivity index (χ2v) is 3.21. The molecule has 1 aromatic rings. The summed E-state index contributed by atoms with van der Waals surface area (Å²) in [6.07, 6.45) is 2.37. The molecule has 1 rings (SSSR count). The Labute approximate surface area is 89.6 Å². The van der Waals surface area contributed by atoms with Crippen LogP contribution in [0.3, 0.4) is 0 Å². The van der Waals surface area contributed by atoms with Crippen molar-refractivity contribution < 1.29 is 14.9 Å². The highest BCUT2D eigenvalue weighted by Gasteiger charge is 1.96. The van der Waals surface area contributed by atoms with Gasteiger partial charge in [-0.1, -0.05) is 18.2 Å². The number of aliphatic hydroxyl groups is 2. The zero-order valence-corrected chi connectivity index (χ0v) is 8.81. The monoisotopic (exact) mass is 208 g/mol. The molecule has 15 heavy (non-hydrogen) atoms. The number of methoxy groups -OCH3 is 1. The van der Waals surface area contributed by atoms with Gasteiger partial charge in [0.15, 0.2) is 0 Å². The minimum atomic E-state index is -0.0212. The third kappa shape index (κ3) is 3.73. The van der Waals surface area contributed by atoms with Crippen LogP contribution < -0.4 is 4.74 Å². The van der Waals surface area contributed by atoms with Crippen LogP contribution >= 0.6 is 0 Å². The predicted octanol–water partition coefficient (Wildman–Crippen LogP) is 1.45. The van der Waals surface area contributed by atoms with Gasteiger partial charge in [-0.05, 0) is 29.7 Å². The van der Waals surface area contributed by atoms with Crippen molar-refractivity contribution in [3.8, 4) is 5.75 Å². The Balaban J connectivity index is 2.77. The Hall–Kier alpha value is -1.32. The molecule has 0 aliphatic rings. The fraction of sp³-hybridized carbons (Fsp3) is 0.333. The molecule has 0 heterocycles. The summed E-state index contributed by atoms with van der Waals surface area (Å²) in [5.74, 6) is 0.805. The van der Waals surface area contributed by atoms with Crippen LogP contribution in [0.4, 0.5) is 0 Å². The highest BCUT2D eigenvalue weighted by atomic mass is 16.5. The van der Waals surface area contributed by atoms with E-state index in [1.165, 1.54) is 0 Å². The minimum Gasteiger partial charge on any atom is -0.497 e. The number of hydrogen-bond donors (Lipinski definition) is 2. The summed E-state index contributed by atoms with van der Waals surface area (Å²) in [6.45, 7) is 0.0368. The summed E-state index contributed by atoms with van der Waals surface area (Å²) in [4.78, 5) is 0. The molecule has 0 bridgehead atoms. The van der Waals surface area contributed by atoms with Gasteiger partial charge in [0.1, 0.15) is 5.75 Å². The molecule has 0 radical (unpaired) electrons. The second-order valence-electron chi connectivity index (χ2n) is 3.21. The number of aliphatic hydroxyl groups excluding tert-OH is 2. The van der Waals surface area contributed by atoms with E-state index < -0.39 is 0 Å². The molecule has 0 aromatic heterocycles. The van der Waals surface area contributed by atoms with E-state index in [1.54, 1.807) is 7.11 Å². The van der Waals surface area contributed by atoms with Gasteiger partial charge in [-0.3, -0.25) is 0 Å². The van der Waals surface area contributed by atoms with Crippen LogP contribution in [-0.2, 0) is 0 Å². The topological polar surface area (TPSA) is 49.7 Å². The van der Waals surface area contributed by atoms with Crippen molar-refractivity contribution in [3.63, 3.8) is 0 Å². The molecule has 0 saturated carbocycles. The van der Waals surface area contributed by atoms with E-state index >= 15 is 0 Å². The maximum Gasteiger partial charge on any atom is 0.118 e. The molecule has 0 unspecified atom stereocenters. The van der Waals surface area contributed by atoms with Gasteiger partial charge in [0.2, 0.25) is 0 Å². The van der Waals surface area contributed by atoms with E-state index in [1.807, 2.05) is 30.3 Å². The molecule has 82 valence electrons. The first-order chi connectivity index (χ1) is 7.30. The molecule has 0 aliphatic carbocycles. The zero-order chi connectivity index (χ0) is 11.1. The first-order valence-corrected chi connectivity index (χ1v) is 4.85. The second kappa shape index (κ2) is 6.22. The Morgan fingerprint density at radius 2 is 1.93 bits per heavy atom. The van der Waals surface area contributed by atoms with Crippen LogP contribution in [0.25, 0.3) is 6.08 Å². The van der Waals surface area contributed by atoms with Crippen molar-refractivity contribution in [3.05, 3.63) is 35.4 Å². The van der Waals surface area contributed by atoms with Crippen molar-refractivity contribution >= 4 is 6.08 Å². The van der Waals surface area contributed by atoms with Gasteiger partial charge in [-0.2, -0.15) is 0 Å². The maximum atomic E-state index is 9.02. The fourth-order valence-electron chi connectivity index (χ4n) is 1.28. The summed E-state index contributed by atoms with van der Waals surface area (Å²) in [7, 11) is 1.62. The molecule has 2 N–H and O–H groups in total. The van der Waals surface area contributed by atoms with Crippen LogP contribution in [0.1, 0.15) is 12.0 Å². The maximum absolute atomic E-state index is 9.02. The Bertz CT molecular complexity index is 314. The largest absolute Gasteiger partial charge is 0.497 e. The Morgan fingerprint density at radius 3 is 2.40 bits per heavy atom. The molecule has 0 amide bonds. The molecular weight excluding hydrogens is 192 g/mol. The summed E-state index contributed by atoms with van der Waals surface area (Å²) in [5.41, 5.74) is 1.82.